The number of nitrogen functional groups attached to an aromatic ring is 1. The first-order chi connectivity index (χ1) is 9.40. The summed E-state index contributed by atoms with van der Waals surface area (Å²) in [5.74, 6) is 0.490. The standard InChI is InChI=1S/C14H16N4O2/c1-9-4-5-11(10(2)8-9)17(3)13-7-6-12(18(19)20)14(15)16-13/h4-8H,1-3H3,(H2,15,16). The largest absolute Gasteiger partial charge is 0.378 e. The molecule has 0 fully saturated rings. The van der Waals surface area contributed by atoms with Crippen molar-refractivity contribution in [1.29, 1.82) is 0 Å². The number of rotatable bonds is 3. The predicted octanol–water partition coefficient (Wildman–Crippen LogP) is 2.96. The highest BCUT2D eigenvalue weighted by Crippen LogP contribution is 2.29. The van der Waals surface area contributed by atoms with E-state index >= 15 is 0 Å². The molecule has 104 valence electrons. The monoisotopic (exact) mass is 272 g/mol. The van der Waals surface area contributed by atoms with Crippen LogP contribution in [0.4, 0.5) is 23.0 Å². The number of hydrogen-bond acceptors (Lipinski definition) is 5. The molecule has 0 aliphatic rings. The first kappa shape index (κ1) is 13.8. The first-order valence-corrected chi connectivity index (χ1v) is 6.12. The molecule has 20 heavy (non-hydrogen) atoms. The van der Waals surface area contributed by atoms with Gasteiger partial charge < -0.3 is 10.6 Å². The van der Waals surface area contributed by atoms with Crippen molar-refractivity contribution < 1.29 is 4.92 Å². The van der Waals surface area contributed by atoms with Crippen LogP contribution in [0.1, 0.15) is 11.1 Å². The quantitative estimate of drug-likeness (QED) is 0.685. The van der Waals surface area contributed by atoms with Crippen LogP contribution in [0.25, 0.3) is 0 Å². The molecule has 0 aliphatic heterocycles. The maximum Gasteiger partial charge on any atom is 0.311 e. The van der Waals surface area contributed by atoms with Gasteiger partial charge in [0, 0.05) is 18.8 Å². The lowest BCUT2D eigenvalue weighted by molar-refractivity contribution is -0.384. The zero-order chi connectivity index (χ0) is 14.9. The smallest absolute Gasteiger partial charge is 0.311 e. The molecule has 0 atom stereocenters. The SMILES string of the molecule is Cc1ccc(N(C)c2ccc([N+](=O)[O-])c(N)n2)c(C)c1. The van der Waals surface area contributed by atoms with Crippen molar-refractivity contribution in [2.45, 2.75) is 13.8 Å². The van der Waals surface area contributed by atoms with Crippen LogP contribution in [0.2, 0.25) is 0 Å². The fourth-order valence-corrected chi connectivity index (χ4v) is 2.10. The number of pyridine rings is 1. The number of anilines is 3. The van der Waals surface area contributed by atoms with Gasteiger partial charge in [0.1, 0.15) is 5.82 Å². The zero-order valence-corrected chi connectivity index (χ0v) is 11.6. The van der Waals surface area contributed by atoms with Crippen molar-refractivity contribution >= 4 is 23.0 Å². The third-order valence-corrected chi connectivity index (χ3v) is 3.14. The van der Waals surface area contributed by atoms with Gasteiger partial charge in [0.05, 0.1) is 4.92 Å². The molecule has 1 aromatic heterocycles. The second kappa shape index (κ2) is 5.16. The molecule has 0 spiro atoms. The third-order valence-electron chi connectivity index (χ3n) is 3.14. The second-order valence-electron chi connectivity index (χ2n) is 4.68. The lowest BCUT2D eigenvalue weighted by atomic mass is 10.1. The van der Waals surface area contributed by atoms with Gasteiger partial charge in [-0.1, -0.05) is 17.7 Å². The number of aromatic nitrogens is 1. The molecule has 2 aromatic rings. The molecular weight excluding hydrogens is 256 g/mol. The van der Waals surface area contributed by atoms with Gasteiger partial charge in [-0.05, 0) is 31.5 Å². The third kappa shape index (κ3) is 2.54. The predicted molar refractivity (Wildman–Crippen MR) is 79.3 cm³/mol. The fraction of sp³-hybridized carbons (Fsp3) is 0.214. The minimum absolute atomic E-state index is 0.0795. The Hall–Kier alpha value is -2.63. The lowest BCUT2D eigenvalue weighted by Gasteiger charge is -2.21. The van der Waals surface area contributed by atoms with E-state index in [1.54, 1.807) is 6.07 Å². The van der Waals surface area contributed by atoms with E-state index < -0.39 is 4.92 Å². The molecule has 0 radical (unpaired) electrons. The van der Waals surface area contributed by atoms with Gasteiger partial charge in [-0.2, -0.15) is 0 Å². The molecular formula is C14H16N4O2. The van der Waals surface area contributed by atoms with Gasteiger partial charge in [0.2, 0.25) is 5.82 Å². The number of nitrogens with zero attached hydrogens (tertiary/aromatic N) is 3. The van der Waals surface area contributed by atoms with Crippen molar-refractivity contribution in [3.63, 3.8) is 0 Å². The summed E-state index contributed by atoms with van der Waals surface area (Å²) in [6.45, 7) is 4.03. The molecule has 6 nitrogen and oxygen atoms in total. The molecule has 1 heterocycles. The van der Waals surface area contributed by atoms with Crippen LogP contribution in [0.3, 0.4) is 0 Å². The van der Waals surface area contributed by atoms with Gasteiger partial charge in [-0.3, -0.25) is 10.1 Å². The maximum absolute atomic E-state index is 10.7. The Morgan fingerprint density at radius 3 is 2.50 bits per heavy atom. The summed E-state index contributed by atoms with van der Waals surface area (Å²) in [4.78, 5) is 16.2. The molecule has 0 saturated carbocycles. The molecule has 6 heteroatoms. The number of nitro groups is 1. The highest BCUT2D eigenvalue weighted by atomic mass is 16.6. The summed E-state index contributed by atoms with van der Waals surface area (Å²) in [7, 11) is 1.85. The molecule has 0 amide bonds. The average Bonchev–Trinajstić information content (AvgIpc) is 2.37. The number of hydrogen-bond donors (Lipinski definition) is 1. The van der Waals surface area contributed by atoms with E-state index in [-0.39, 0.29) is 11.5 Å². The highest BCUT2D eigenvalue weighted by molar-refractivity contribution is 5.66. The Labute approximate surface area is 117 Å². The minimum Gasteiger partial charge on any atom is -0.378 e. The van der Waals surface area contributed by atoms with Crippen LogP contribution in [-0.4, -0.2) is 17.0 Å². The topological polar surface area (TPSA) is 85.3 Å². The minimum atomic E-state index is -0.538. The van der Waals surface area contributed by atoms with E-state index in [4.69, 9.17) is 5.73 Å². The van der Waals surface area contributed by atoms with Crippen LogP contribution in [0.5, 0.6) is 0 Å². The lowest BCUT2D eigenvalue weighted by Crippen LogP contribution is -2.13. The fourth-order valence-electron chi connectivity index (χ4n) is 2.10. The van der Waals surface area contributed by atoms with E-state index in [0.717, 1.165) is 11.3 Å². The Bertz CT molecular complexity index is 670. The van der Waals surface area contributed by atoms with Crippen molar-refractivity contribution in [2.75, 3.05) is 17.7 Å². The van der Waals surface area contributed by atoms with E-state index in [1.165, 1.54) is 11.6 Å². The summed E-state index contributed by atoms with van der Waals surface area (Å²) in [6.07, 6.45) is 0. The van der Waals surface area contributed by atoms with Crippen LogP contribution >= 0.6 is 0 Å². The van der Waals surface area contributed by atoms with Gasteiger partial charge in [-0.15, -0.1) is 0 Å². The zero-order valence-electron chi connectivity index (χ0n) is 11.6. The van der Waals surface area contributed by atoms with Gasteiger partial charge in [0.15, 0.2) is 0 Å². The van der Waals surface area contributed by atoms with E-state index in [1.807, 2.05) is 37.9 Å². The highest BCUT2D eigenvalue weighted by Gasteiger charge is 2.15. The van der Waals surface area contributed by atoms with Crippen LogP contribution < -0.4 is 10.6 Å². The van der Waals surface area contributed by atoms with Crippen LogP contribution in [0, 0.1) is 24.0 Å². The number of aryl methyl sites for hydroxylation is 2. The molecule has 1 aromatic carbocycles. The molecule has 0 unspecified atom stereocenters. The van der Waals surface area contributed by atoms with E-state index in [0.29, 0.717) is 5.82 Å². The van der Waals surface area contributed by atoms with Gasteiger partial charge in [0.25, 0.3) is 0 Å². The summed E-state index contributed by atoms with van der Waals surface area (Å²) >= 11 is 0. The van der Waals surface area contributed by atoms with Crippen molar-refractivity contribution in [1.82, 2.24) is 4.98 Å². The van der Waals surface area contributed by atoms with Gasteiger partial charge in [-0.25, -0.2) is 4.98 Å². The molecule has 0 aliphatic carbocycles. The summed E-state index contributed by atoms with van der Waals surface area (Å²) in [6, 6.07) is 9.03. The Morgan fingerprint density at radius 2 is 1.95 bits per heavy atom. The van der Waals surface area contributed by atoms with Crippen molar-refractivity contribution in [2.24, 2.45) is 0 Å². The van der Waals surface area contributed by atoms with E-state index in [2.05, 4.69) is 11.1 Å². The normalized spacial score (nSPS) is 10.3. The molecule has 0 saturated heterocycles. The number of benzene rings is 1. The summed E-state index contributed by atoms with van der Waals surface area (Å²) < 4.78 is 0. The van der Waals surface area contributed by atoms with Crippen molar-refractivity contribution in [3.05, 3.63) is 51.6 Å². The Morgan fingerprint density at radius 1 is 1.25 bits per heavy atom. The number of nitrogens with two attached hydrogens (primary N) is 1. The van der Waals surface area contributed by atoms with E-state index in [9.17, 15) is 10.1 Å². The maximum atomic E-state index is 10.7. The summed E-state index contributed by atoms with van der Waals surface area (Å²) in [5.41, 5.74) is 8.71. The molecule has 0 bridgehead atoms. The van der Waals surface area contributed by atoms with Crippen LogP contribution in [0.15, 0.2) is 30.3 Å². The molecule has 2 rings (SSSR count). The van der Waals surface area contributed by atoms with Crippen molar-refractivity contribution in [3.8, 4) is 0 Å². The average molecular weight is 272 g/mol. The second-order valence-corrected chi connectivity index (χ2v) is 4.68. The van der Waals surface area contributed by atoms with Crippen LogP contribution in [-0.2, 0) is 0 Å². The molecule has 2 N–H and O–H groups in total. The Balaban J connectivity index is 2.40. The Kier molecular flexibility index (Phi) is 3.56. The first-order valence-electron chi connectivity index (χ1n) is 6.12. The summed E-state index contributed by atoms with van der Waals surface area (Å²) in [5, 5.41) is 10.7. The van der Waals surface area contributed by atoms with Gasteiger partial charge >= 0.3 is 5.69 Å².